The number of anilines is 1. The first-order chi connectivity index (χ1) is 8.76. The number of nitrogens with one attached hydrogen (secondary N) is 2. The van der Waals surface area contributed by atoms with Crippen LogP contribution in [-0.2, 0) is 0 Å². The normalized spacial score (nSPS) is 10.8. The van der Waals surface area contributed by atoms with E-state index in [-0.39, 0.29) is 0 Å². The molecule has 0 saturated heterocycles. The van der Waals surface area contributed by atoms with Gasteiger partial charge in [0.1, 0.15) is 0 Å². The fourth-order valence-corrected chi connectivity index (χ4v) is 1.92. The summed E-state index contributed by atoms with van der Waals surface area (Å²) in [4.78, 5) is 16.1. The zero-order chi connectivity index (χ0) is 12.5. The summed E-state index contributed by atoms with van der Waals surface area (Å²) in [6.45, 7) is 1.96. The molecule has 2 N–H and O–H groups in total. The third kappa shape index (κ3) is 1.79. The molecule has 90 valence electrons. The quantitative estimate of drug-likeness (QED) is 0.720. The van der Waals surface area contributed by atoms with Crippen molar-refractivity contribution in [2.45, 2.75) is 6.92 Å². The van der Waals surface area contributed by atoms with Gasteiger partial charge in [-0.1, -0.05) is 6.07 Å². The van der Waals surface area contributed by atoms with Gasteiger partial charge in [-0.2, -0.15) is 0 Å². The molecule has 5 heteroatoms. The van der Waals surface area contributed by atoms with Crippen molar-refractivity contribution in [3.8, 4) is 11.3 Å². The van der Waals surface area contributed by atoms with Gasteiger partial charge < -0.3 is 10.3 Å². The number of hydrogen-bond donors (Lipinski definition) is 2. The summed E-state index contributed by atoms with van der Waals surface area (Å²) in [6.07, 6.45) is 1.69. The van der Waals surface area contributed by atoms with E-state index in [0.717, 1.165) is 28.0 Å². The lowest BCUT2D eigenvalue weighted by Crippen LogP contribution is -1.99. The van der Waals surface area contributed by atoms with Crippen LogP contribution in [0.1, 0.15) is 5.69 Å². The van der Waals surface area contributed by atoms with E-state index in [1.54, 1.807) is 6.33 Å². The number of aromatic amines is 1. The molecule has 1 aromatic carbocycles. The van der Waals surface area contributed by atoms with E-state index in [4.69, 9.17) is 0 Å². The van der Waals surface area contributed by atoms with Crippen molar-refractivity contribution in [2.24, 2.45) is 0 Å². The van der Waals surface area contributed by atoms with Crippen molar-refractivity contribution in [1.29, 1.82) is 0 Å². The molecule has 18 heavy (non-hydrogen) atoms. The Morgan fingerprint density at radius 3 is 2.89 bits per heavy atom. The van der Waals surface area contributed by atoms with Crippen LogP contribution >= 0.6 is 0 Å². The van der Waals surface area contributed by atoms with Gasteiger partial charge in [-0.25, -0.2) is 15.0 Å². The number of aryl methyl sites for hydroxylation is 1. The van der Waals surface area contributed by atoms with E-state index in [1.807, 2.05) is 38.2 Å². The lowest BCUT2D eigenvalue weighted by atomic mass is 10.1. The number of nitrogens with zero attached hydrogens (tertiary/aromatic N) is 3. The molecule has 5 nitrogen and oxygen atoms in total. The highest BCUT2D eigenvalue weighted by Crippen LogP contribution is 2.22. The minimum Gasteiger partial charge on any atom is -0.357 e. The van der Waals surface area contributed by atoms with E-state index in [0.29, 0.717) is 5.95 Å². The van der Waals surface area contributed by atoms with Crippen LogP contribution in [0, 0.1) is 6.92 Å². The second-order valence-electron chi connectivity index (χ2n) is 4.10. The summed E-state index contributed by atoms with van der Waals surface area (Å²) >= 11 is 0. The van der Waals surface area contributed by atoms with Gasteiger partial charge in [0.15, 0.2) is 0 Å². The van der Waals surface area contributed by atoms with Crippen molar-refractivity contribution in [3.05, 3.63) is 36.3 Å². The van der Waals surface area contributed by atoms with E-state index in [9.17, 15) is 0 Å². The van der Waals surface area contributed by atoms with Crippen LogP contribution in [0.15, 0.2) is 30.6 Å². The lowest BCUT2D eigenvalue weighted by molar-refractivity contribution is 1.10. The molecule has 0 atom stereocenters. The molecule has 0 bridgehead atoms. The Kier molecular flexibility index (Phi) is 2.44. The van der Waals surface area contributed by atoms with E-state index < -0.39 is 0 Å². The second kappa shape index (κ2) is 4.10. The molecule has 0 unspecified atom stereocenters. The lowest BCUT2D eigenvalue weighted by Gasteiger charge is -2.05. The second-order valence-corrected chi connectivity index (χ2v) is 4.10. The zero-order valence-electron chi connectivity index (χ0n) is 10.2. The Bertz CT molecular complexity index is 701. The van der Waals surface area contributed by atoms with Crippen molar-refractivity contribution >= 4 is 17.0 Å². The number of aromatic nitrogens is 4. The molecule has 0 fully saturated rings. The maximum absolute atomic E-state index is 4.46. The average Bonchev–Trinajstić information content (AvgIpc) is 2.85. The summed E-state index contributed by atoms with van der Waals surface area (Å²) in [5.74, 6) is 0.634. The first-order valence-electron chi connectivity index (χ1n) is 5.73. The molecular weight excluding hydrogens is 226 g/mol. The number of rotatable bonds is 2. The largest absolute Gasteiger partial charge is 0.357 e. The highest BCUT2D eigenvalue weighted by molar-refractivity contribution is 5.80. The highest BCUT2D eigenvalue weighted by Gasteiger charge is 2.05. The van der Waals surface area contributed by atoms with Gasteiger partial charge >= 0.3 is 0 Å². The third-order valence-corrected chi connectivity index (χ3v) is 2.79. The third-order valence-electron chi connectivity index (χ3n) is 2.79. The summed E-state index contributed by atoms with van der Waals surface area (Å²) in [5, 5.41) is 2.97. The monoisotopic (exact) mass is 239 g/mol. The molecule has 0 aliphatic rings. The minimum atomic E-state index is 0.634. The summed E-state index contributed by atoms with van der Waals surface area (Å²) in [5.41, 5.74) is 4.86. The molecule has 0 aliphatic heterocycles. The van der Waals surface area contributed by atoms with E-state index >= 15 is 0 Å². The van der Waals surface area contributed by atoms with Crippen LogP contribution in [-0.4, -0.2) is 27.0 Å². The maximum Gasteiger partial charge on any atom is 0.223 e. The van der Waals surface area contributed by atoms with Gasteiger partial charge in [0, 0.05) is 18.3 Å². The molecular formula is C13H13N5. The van der Waals surface area contributed by atoms with Gasteiger partial charge in [0.2, 0.25) is 5.95 Å². The van der Waals surface area contributed by atoms with E-state index in [1.165, 1.54) is 0 Å². The summed E-state index contributed by atoms with van der Waals surface area (Å²) < 4.78 is 0. The molecule has 0 radical (unpaired) electrons. The van der Waals surface area contributed by atoms with Crippen LogP contribution in [0.4, 0.5) is 5.95 Å². The Morgan fingerprint density at radius 1 is 1.17 bits per heavy atom. The molecule has 0 amide bonds. The van der Waals surface area contributed by atoms with Gasteiger partial charge in [-0.15, -0.1) is 0 Å². The van der Waals surface area contributed by atoms with Crippen LogP contribution in [0.5, 0.6) is 0 Å². The number of imidazole rings is 1. The minimum absolute atomic E-state index is 0.634. The molecule has 0 spiro atoms. The molecule has 3 aromatic rings. The summed E-state index contributed by atoms with van der Waals surface area (Å²) in [6, 6.07) is 8.02. The molecule has 0 aliphatic carbocycles. The smallest absolute Gasteiger partial charge is 0.223 e. The van der Waals surface area contributed by atoms with Crippen LogP contribution in [0.3, 0.4) is 0 Å². The van der Waals surface area contributed by atoms with E-state index in [2.05, 4.69) is 25.3 Å². The van der Waals surface area contributed by atoms with Gasteiger partial charge in [-0.3, -0.25) is 0 Å². The van der Waals surface area contributed by atoms with Gasteiger partial charge in [-0.05, 0) is 25.1 Å². The summed E-state index contributed by atoms with van der Waals surface area (Å²) in [7, 11) is 1.82. The first kappa shape index (κ1) is 10.7. The molecule has 2 heterocycles. The fourth-order valence-electron chi connectivity index (χ4n) is 1.92. The van der Waals surface area contributed by atoms with Gasteiger partial charge in [0.25, 0.3) is 0 Å². The number of H-pyrrole nitrogens is 1. The van der Waals surface area contributed by atoms with Crippen LogP contribution < -0.4 is 5.32 Å². The Labute approximate surface area is 104 Å². The first-order valence-corrected chi connectivity index (χ1v) is 5.73. The Morgan fingerprint density at radius 2 is 2.06 bits per heavy atom. The molecule has 0 saturated carbocycles. The van der Waals surface area contributed by atoms with Crippen molar-refractivity contribution in [1.82, 2.24) is 19.9 Å². The highest BCUT2D eigenvalue weighted by atomic mass is 15.1. The molecule has 2 aromatic heterocycles. The topological polar surface area (TPSA) is 66.5 Å². The number of benzene rings is 1. The fraction of sp³-hybridized carbons (Fsp3) is 0.154. The van der Waals surface area contributed by atoms with Crippen molar-refractivity contribution in [3.63, 3.8) is 0 Å². The van der Waals surface area contributed by atoms with Crippen LogP contribution in [0.25, 0.3) is 22.3 Å². The number of fused-ring (bicyclic) bond motifs is 1. The predicted molar refractivity (Wildman–Crippen MR) is 71.4 cm³/mol. The standard InChI is InChI=1S/C13H13N5/c1-8-5-11(18-13(14-2)17-8)9-3-4-10-12(6-9)16-7-15-10/h3-7H,1-2H3,(H,15,16)(H,14,17,18). The average molecular weight is 239 g/mol. The van der Waals surface area contributed by atoms with Crippen LogP contribution in [0.2, 0.25) is 0 Å². The van der Waals surface area contributed by atoms with Gasteiger partial charge in [0.05, 0.1) is 23.1 Å². The zero-order valence-corrected chi connectivity index (χ0v) is 10.2. The Balaban J connectivity index is 2.15. The van der Waals surface area contributed by atoms with Crippen molar-refractivity contribution < 1.29 is 0 Å². The number of hydrogen-bond acceptors (Lipinski definition) is 4. The Hall–Kier alpha value is -2.43. The predicted octanol–water partition coefficient (Wildman–Crippen LogP) is 2.37. The molecule has 3 rings (SSSR count). The SMILES string of the molecule is CNc1nc(C)cc(-c2ccc3nc[nH]c3c2)n1. The maximum atomic E-state index is 4.46. The van der Waals surface area contributed by atoms with Crippen molar-refractivity contribution in [2.75, 3.05) is 12.4 Å².